The van der Waals surface area contributed by atoms with E-state index in [-0.39, 0.29) is 29.2 Å². The lowest BCUT2D eigenvalue weighted by atomic mass is 10.2. The van der Waals surface area contributed by atoms with Gasteiger partial charge in [-0.2, -0.15) is 0 Å². The molecule has 0 aliphatic carbocycles. The van der Waals surface area contributed by atoms with Crippen LogP contribution in [-0.2, 0) is 6.54 Å². The molecule has 2 rings (SSSR count). The number of amides is 1. The minimum atomic E-state index is -0.991. The molecule has 22 heavy (non-hydrogen) atoms. The summed E-state index contributed by atoms with van der Waals surface area (Å²) in [4.78, 5) is 23.4. The second kappa shape index (κ2) is 7.20. The SMILES string of the molecule is O=C(NCC(O)Cn1ccccc1=O)c1c(F)cccc1Cl. The van der Waals surface area contributed by atoms with Crippen LogP contribution in [0.4, 0.5) is 4.39 Å². The molecule has 1 heterocycles. The summed E-state index contributed by atoms with van der Waals surface area (Å²) in [5.74, 6) is -1.46. The van der Waals surface area contributed by atoms with Crippen LogP contribution in [0.5, 0.6) is 0 Å². The van der Waals surface area contributed by atoms with E-state index in [9.17, 15) is 19.1 Å². The Morgan fingerprint density at radius 1 is 1.32 bits per heavy atom. The van der Waals surface area contributed by atoms with Gasteiger partial charge in [-0.15, -0.1) is 0 Å². The van der Waals surface area contributed by atoms with Gasteiger partial charge in [0.25, 0.3) is 11.5 Å². The van der Waals surface area contributed by atoms with Crippen molar-refractivity contribution in [2.45, 2.75) is 12.6 Å². The fourth-order valence-corrected chi connectivity index (χ4v) is 2.17. The van der Waals surface area contributed by atoms with Crippen LogP contribution in [0.15, 0.2) is 47.4 Å². The van der Waals surface area contributed by atoms with E-state index in [2.05, 4.69) is 5.32 Å². The van der Waals surface area contributed by atoms with Crippen molar-refractivity contribution in [2.75, 3.05) is 6.54 Å². The Labute approximate surface area is 131 Å². The molecule has 0 aliphatic heterocycles. The van der Waals surface area contributed by atoms with Gasteiger partial charge in [-0.25, -0.2) is 4.39 Å². The molecule has 0 spiro atoms. The van der Waals surface area contributed by atoms with Crippen LogP contribution in [0.1, 0.15) is 10.4 Å². The van der Waals surface area contributed by atoms with Crippen LogP contribution in [0.25, 0.3) is 0 Å². The van der Waals surface area contributed by atoms with E-state index >= 15 is 0 Å². The Hall–Kier alpha value is -2.18. The second-order valence-electron chi connectivity index (χ2n) is 4.65. The molecule has 1 unspecified atom stereocenters. The molecule has 1 aromatic carbocycles. The van der Waals surface area contributed by atoms with Crippen molar-refractivity contribution in [3.8, 4) is 0 Å². The van der Waals surface area contributed by atoms with Gasteiger partial charge < -0.3 is 15.0 Å². The molecular formula is C15H14ClFN2O3. The lowest BCUT2D eigenvalue weighted by molar-refractivity contribution is 0.0899. The summed E-state index contributed by atoms with van der Waals surface area (Å²) in [6.07, 6.45) is 0.538. The standard InChI is InChI=1S/C15H14ClFN2O3/c16-11-4-3-5-12(17)14(11)15(22)18-8-10(20)9-19-7-2-1-6-13(19)21/h1-7,10,20H,8-9H2,(H,18,22). The highest BCUT2D eigenvalue weighted by molar-refractivity contribution is 6.33. The fourth-order valence-electron chi connectivity index (χ4n) is 1.92. The van der Waals surface area contributed by atoms with E-state index < -0.39 is 17.8 Å². The summed E-state index contributed by atoms with van der Waals surface area (Å²) in [7, 11) is 0. The Morgan fingerprint density at radius 2 is 2.09 bits per heavy atom. The first kappa shape index (κ1) is 16.2. The van der Waals surface area contributed by atoms with Crippen LogP contribution >= 0.6 is 11.6 Å². The number of hydrogen-bond donors (Lipinski definition) is 2. The zero-order chi connectivity index (χ0) is 16.1. The number of nitrogens with zero attached hydrogens (tertiary/aromatic N) is 1. The van der Waals surface area contributed by atoms with E-state index in [0.29, 0.717) is 0 Å². The summed E-state index contributed by atoms with van der Waals surface area (Å²) >= 11 is 5.78. The van der Waals surface area contributed by atoms with Crippen LogP contribution in [0.2, 0.25) is 5.02 Å². The molecule has 0 bridgehead atoms. The van der Waals surface area contributed by atoms with Crippen molar-refractivity contribution in [1.29, 1.82) is 0 Å². The molecule has 2 N–H and O–H groups in total. The Kier molecular flexibility index (Phi) is 5.30. The minimum absolute atomic E-state index is 0.00808. The summed E-state index contributed by atoms with van der Waals surface area (Å²) < 4.78 is 14.9. The third-order valence-corrected chi connectivity index (χ3v) is 3.31. The highest BCUT2D eigenvalue weighted by Crippen LogP contribution is 2.18. The molecule has 1 amide bonds. The van der Waals surface area contributed by atoms with Crippen LogP contribution in [-0.4, -0.2) is 28.2 Å². The molecule has 0 fully saturated rings. The molecule has 0 saturated heterocycles. The van der Waals surface area contributed by atoms with E-state index in [0.717, 1.165) is 6.07 Å². The Balaban J connectivity index is 1.97. The van der Waals surface area contributed by atoms with E-state index in [1.165, 1.54) is 29.0 Å². The van der Waals surface area contributed by atoms with Crippen molar-refractivity contribution >= 4 is 17.5 Å². The highest BCUT2D eigenvalue weighted by Gasteiger charge is 2.16. The van der Waals surface area contributed by atoms with Gasteiger partial charge in [0, 0.05) is 18.8 Å². The van der Waals surface area contributed by atoms with Gasteiger partial charge in [-0.1, -0.05) is 23.7 Å². The molecule has 2 aromatic rings. The molecule has 1 atom stereocenters. The molecule has 0 radical (unpaired) electrons. The Bertz CT molecular complexity index is 712. The number of aliphatic hydroxyl groups is 1. The van der Waals surface area contributed by atoms with E-state index in [1.54, 1.807) is 12.1 Å². The molecule has 0 saturated carbocycles. The topological polar surface area (TPSA) is 71.3 Å². The number of aliphatic hydroxyl groups excluding tert-OH is 1. The van der Waals surface area contributed by atoms with Crippen LogP contribution in [0.3, 0.4) is 0 Å². The average Bonchev–Trinajstić information content (AvgIpc) is 2.47. The maximum absolute atomic E-state index is 13.6. The second-order valence-corrected chi connectivity index (χ2v) is 5.06. The maximum Gasteiger partial charge on any atom is 0.255 e. The number of halogens is 2. The van der Waals surface area contributed by atoms with Crippen molar-refractivity contribution < 1.29 is 14.3 Å². The van der Waals surface area contributed by atoms with Gasteiger partial charge in [0.15, 0.2) is 0 Å². The minimum Gasteiger partial charge on any atom is -0.389 e. The first-order chi connectivity index (χ1) is 10.5. The largest absolute Gasteiger partial charge is 0.389 e. The smallest absolute Gasteiger partial charge is 0.255 e. The van der Waals surface area contributed by atoms with E-state index in [1.807, 2.05) is 0 Å². The third kappa shape index (κ3) is 3.93. The monoisotopic (exact) mass is 324 g/mol. The summed E-state index contributed by atoms with van der Waals surface area (Å²) in [5, 5.41) is 12.2. The lowest BCUT2D eigenvalue weighted by Crippen LogP contribution is -2.36. The van der Waals surface area contributed by atoms with Crippen LogP contribution < -0.4 is 10.9 Å². The predicted octanol–water partition coefficient (Wildman–Crippen LogP) is 1.43. The summed E-state index contributed by atoms with van der Waals surface area (Å²) in [6, 6.07) is 8.54. The molecule has 0 aliphatic rings. The van der Waals surface area contributed by atoms with Gasteiger partial charge in [0.05, 0.1) is 23.2 Å². The van der Waals surface area contributed by atoms with Crippen molar-refractivity contribution in [3.05, 3.63) is 69.4 Å². The number of aromatic nitrogens is 1. The number of hydrogen-bond acceptors (Lipinski definition) is 3. The van der Waals surface area contributed by atoms with Gasteiger partial charge in [-0.05, 0) is 18.2 Å². The molecule has 1 aromatic heterocycles. The number of rotatable bonds is 5. The zero-order valence-electron chi connectivity index (χ0n) is 11.5. The lowest BCUT2D eigenvalue weighted by Gasteiger charge is -2.14. The molecule has 116 valence electrons. The predicted molar refractivity (Wildman–Crippen MR) is 80.5 cm³/mol. The number of nitrogens with one attached hydrogen (secondary N) is 1. The van der Waals surface area contributed by atoms with Crippen molar-refractivity contribution in [3.63, 3.8) is 0 Å². The van der Waals surface area contributed by atoms with E-state index in [4.69, 9.17) is 11.6 Å². The zero-order valence-corrected chi connectivity index (χ0v) is 12.3. The average molecular weight is 325 g/mol. The number of pyridine rings is 1. The fraction of sp³-hybridized carbons (Fsp3) is 0.200. The van der Waals surface area contributed by atoms with Crippen LogP contribution in [0, 0.1) is 5.82 Å². The van der Waals surface area contributed by atoms with Crippen molar-refractivity contribution in [1.82, 2.24) is 9.88 Å². The number of carbonyl (C=O) groups excluding carboxylic acids is 1. The van der Waals surface area contributed by atoms with Crippen molar-refractivity contribution in [2.24, 2.45) is 0 Å². The first-order valence-electron chi connectivity index (χ1n) is 6.55. The van der Waals surface area contributed by atoms with Gasteiger partial charge in [0.2, 0.25) is 0 Å². The van der Waals surface area contributed by atoms with Gasteiger partial charge >= 0.3 is 0 Å². The summed E-state index contributed by atoms with van der Waals surface area (Å²) in [6.45, 7) is -0.115. The number of carbonyl (C=O) groups is 1. The third-order valence-electron chi connectivity index (χ3n) is 2.99. The van der Waals surface area contributed by atoms with Gasteiger partial charge in [0.1, 0.15) is 5.82 Å². The quantitative estimate of drug-likeness (QED) is 0.874. The molecule has 5 nitrogen and oxygen atoms in total. The number of benzene rings is 1. The summed E-state index contributed by atoms with van der Waals surface area (Å²) in [5.41, 5.74) is -0.529. The first-order valence-corrected chi connectivity index (χ1v) is 6.92. The molecule has 7 heteroatoms. The maximum atomic E-state index is 13.6. The van der Waals surface area contributed by atoms with Gasteiger partial charge in [-0.3, -0.25) is 9.59 Å². The normalized spacial score (nSPS) is 12.0. The highest BCUT2D eigenvalue weighted by atomic mass is 35.5. The Morgan fingerprint density at radius 3 is 2.77 bits per heavy atom. The molecular weight excluding hydrogens is 311 g/mol.